The number of fused-ring (bicyclic) bond motifs is 2. The molecule has 4 rings (SSSR count). The van der Waals surface area contributed by atoms with Crippen LogP contribution in [0.2, 0.25) is 0 Å². The lowest BCUT2D eigenvalue weighted by Crippen LogP contribution is -2.46. The number of benzene rings is 2. The van der Waals surface area contributed by atoms with Crippen molar-refractivity contribution in [3.8, 4) is 16.9 Å². The van der Waals surface area contributed by atoms with Crippen LogP contribution in [-0.4, -0.2) is 43.1 Å². The highest BCUT2D eigenvalue weighted by Crippen LogP contribution is 2.47. The molecule has 2 atom stereocenters. The molecule has 0 fully saturated rings. The van der Waals surface area contributed by atoms with E-state index in [0.717, 1.165) is 12.5 Å². The van der Waals surface area contributed by atoms with Crippen molar-refractivity contribution in [2.24, 2.45) is 10.7 Å². The van der Waals surface area contributed by atoms with Crippen LogP contribution < -0.4 is 10.5 Å². The molecule has 2 aliphatic rings. The molecule has 0 bridgehead atoms. The molecule has 0 saturated carbocycles. The summed E-state index contributed by atoms with van der Waals surface area (Å²) in [7, 11) is 1.51. The minimum absolute atomic E-state index is 0.0412. The van der Waals surface area contributed by atoms with Gasteiger partial charge in [-0.15, -0.1) is 0 Å². The average molecular weight is 433 g/mol. The number of ether oxygens (including phenoxy) is 2. The van der Waals surface area contributed by atoms with E-state index in [1.807, 2.05) is 6.92 Å². The Balaban J connectivity index is 1.83. The fraction of sp³-hybridized carbons (Fsp3) is 0.364. The highest BCUT2D eigenvalue weighted by atomic mass is 19.2. The first-order valence-corrected chi connectivity index (χ1v) is 9.94. The molecule has 1 spiro atoms. The number of carbonyl (C=O) groups is 1. The van der Waals surface area contributed by atoms with Crippen LogP contribution in [-0.2, 0) is 15.1 Å². The van der Waals surface area contributed by atoms with Crippen molar-refractivity contribution in [1.29, 1.82) is 0 Å². The van der Waals surface area contributed by atoms with Gasteiger partial charge in [0.1, 0.15) is 17.7 Å². The van der Waals surface area contributed by atoms with Gasteiger partial charge in [-0.05, 0) is 30.2 Å². The van der Waals surface area contributed by atoms with Gasteiger partial charge in [-0.3, -0.25) is 9.69 Å². The van der Waals surface area contributed by atoms with Crippen molar-refractivity contribution in [3.63, 3.8) is 0 Å². The standard InChI is InChI=1S/C22H22F3N3O3/c1-3-6-30-11-14-10-22(20(29)28(2)21(26)27-22)16-7-12(4-5-18(16)31-14)15-8-13(23)9-17(24)19(15)25/h4-5,7-9,14H,3,6,10-11H2,1-2H3,(H2,26,27). The second-order valence-corrected chi connectivity index (χ2v) is 7.67. The predicted octanol–water partition coefficient (Wildman–Crippen LogP) is 3.33. The van der Waals surface area contributed by atoms with Gasteiger partial charge in [-0.2, -0.15) is 0 Å². The molecule has 2 aromatic carbocycles. The maximum absolute atomic E-state index is 14.4. The summed E-state index contributed by atoms with van der Waals surface area (Å²) in [6.45, 7) is 2.78. The second-order valence-electron chi connectivity index (χ2n) is 7.67. The van der Waals surface area contributed by atoms with Crippen molar-refractivity contribution < 1.29 is 27.4 Å². The average Bonchev–Trinajstić information content (AvgIpc) is 2.95. The lowest BCUT2D eigenvalue weighted by molar-refractivity contribution is -0.132. The molecule has 0 aliphatic carbocycles. The number of carbonyl (C=O) groups excluding carboxylic acids is 1. The summed E-state index contributed by atoms with van der Waals surface area (Å²) >= 11 is 0. The number of hydrogen-bond donors (Lipinski definition) is 1. The summed E-state index contributed by atoms with van der Waals surface area (Å²) in [5, 5.41) is 0. The molecule has 31 heavy (non-hydrogen) atoms. The summed E-state index contributed by atoms with van der Waals surface area (Å²) in [5.74, 6) is -3.36. The van der Waals surface area contributed by atoms with E-state index in [-0.39, 0.29) is 36.0 Å². The summed E-state index contributed by atoms with van der Waals surface area (Å²) in [4.78, 5) is 18.9. The zero-order chi connectivity index (χ0) is 22.3. The van der Waals surface area contributed by atoms with Crippen LogP contribution in [0.4, 0.5) is 13.2 Å². The molecule has 1 amide bonds. The highest BCUT2D eigenvalue weighted by molar-refractivity contribution is 6.07. The Kier molecular flexibility index (Phi) is 5.38. The zero-order valence-electron chi connectivity index (χ0n) is 17.1. The van der Waals surface area contributed by atoms with Crippen LogP contribution in [0.15, 0.2) is 35.3 Å². The van der Waals surface area contributed by atoms with Gasteiger partial charge in [0.05, 0.1) is 6.61 Å². The predicted molar refractivity (Wildman–Crippen MR) is 108 cm³/mol. The van der Waals surface area contributed by atoms with E-state index in [1.54, 1.807) is 0 Å². The first-order valence-electron chi connectivity index (χ1n) is 9.94. The Labute approximate surface area is 177 Å². The monoisotopic (exact) mass is 433 g/mol. The number of amides is 1. The van der Waals surface area contributed by atoms with Crippen LogP contribution in [0, 0.1) is 17.5 Å². The molecule has 0 saturated heterocycles. The SMILES string of the molecule is CCCOCC1CC2(N=C(N)N(C)C2=O)c2cc(-c3cc(F)cc(F)c3F)ccc2O1. The largest absolute Gasteiger partial charge is 0.488 e. The zero-order valence-corrected chi connectivity index (χ0v) is 17.1. The van der Waals surface area contributed by atoms with Crippen molar-refractivity contribution in [2.45, 2.75) is 31.4 Å². The van der Waals surface area contributed by atoms with Gasteiger partial charge in [0.25, 0.3) is 5.91 Å². The smallest absolute Gasteiger partial charge is 0.261 e. The van der Waals surface area contributed by atoms with E-state index in [1.165, 1.54) is 30.1 Å². The quantitative estimate of drug-likeness (QED) is 0.580. The number of guanidine groups is 1. The van der Waals surface area contributed by atoms with E-state index < -0.39 is 29.1 Å². The molecule has 164 valence electrons. The van der Waals surface area contributed by atoms with Gasteiger partial charge in [-0.1, -0.05) is 13.0 Å². The Morgan fingerprint density at radius 2 is 2.06 bits per heavy atom. The van der Waals surface area contributed by atoms with Crippen LogP contribution in [0.1, 0.15) is 25.3 Å². The third kappa shape index (κ3) is 3.52. The van der Waals surface area contributed by atoms with Crippen LogP contribution in [0.5, 0.6) is 5.75 Å². The van der Waals surface area contributed by atoms with Gasteiger partial charge in [0, 0.05) is 37.3 Å². The number of halogens is 3. The number of hydrogen-bond acceptors (Lipinski definition) is 5. The Morgan fingerprint density at radius 1 is 1.29 bits per heavy atom. The molecule has 2 N–H and O–H groups in total. The van der Waals surface area contributed by atoms with Crippen molar-refractivity contribution in [3.05, 3.63) is 53.3 Å². The Hall–Kier alpha value is -3.07. The number of nitrogens with two attached hydrogens (primary N) is 1. The maximum Gasteiger partial charge on any atom is 0.261 e. The fourth-order valence-electron chi connectivity index (χ4n) is 4.01. The molecule has 6 nitrogen and oxygen atoms in total. The van der Waals surface area contributed by atoms with E-state index in [0.29, 0.717) is 24.0 Å². The first kappa shape index (κ1) is 21.2. The van der Waals surface area contributed by atoms with Crippen molar-refractivity contribution in [1.82, 2.24) is 4.90 Å². The Morgan fingerprint density at radius 3 is 2.74 bits per heavy atom. The molecule has 0 aromatic heterocycles. The topological polar surface area (TPSA) is 77.2 Å². The third-order valence-electron chi connectivity index (χ3n) is 5.51. The number of rotatable bonds is 5. The summed E-state index contributed by atoms with van der Waals surface area (Å²) < 4.78 is 53.5. The number of aliphatic imine (C=N–C) groups is 1. The molecule has 2 unspecified atom stereocenters. The first-order chi connectivity index (χ1) is 14.8. The molecule has 0 radical (unpaired) electrons. The summed E-state index contributed by atoms with van der Waals surface area (Å²) in [5.41, 5.74) is 4.84. The van der Waals surface area contributed by atoms with Gasteiger partial charge in [0.15, 0.2) is 23.1 Å². The summed E-state index contributed by atoms with van der Waals surface area (Å²) in [6.07, 6.45) is 0.539. The molecule has 2 aromatic rings. The normalized spacial score (nSPS) is 22.5. The van der Waals surface area contributed by atoms with Gasteiger partial charge in [-0.25, -0.2) is 18.2 Å². The van der Waals surface area contributed by atoms with Gasteiger partial charge >= 0.3 is 0 Å². The van der Waals surface area contributed by atoms with E-state index in [4.69, 9.17) is 15.2 Å². The lowest BCUT2D eigenvalue weighted by atomic mass is 9.80. The molecular weight excluding hydrogens is 411 g/mol. The van der Waals surface area contributed by atoms with E-state index >= 15 is 0 Å². The second kappa shape index (κ2) is 7.88. The lowest BCUT2D eigenvalue weighted by Gasteiger charge is -2.36. The molecule has 9 heteroatoms. The minimum Gasteiger partial charge on any atom is -0.488 e. The maximum atomic E-state index is 14.4. The van der Waals surface area contributed by atoms with E-state index in [9.17, 15) is 18.0 Å². The molecular formula is C22H22F3N3O3. The number of nitrogens with zero attached hydrogens (tertiary/aromatic N) is 2. The van der Waals surface area contributed by atoms with Crippen LogP contribution >= 0.6 is 0 Å². The molecule has 2 heterocycles. The van der Waals surface area contributed by atoms with Crippen LogP contribution in [0.25, 0.3) is 11.1 Å². The number of likely N-dealkylation sites (N-methyl/N-ethyl adjacent to an activating group) is 1. The van der Waals surface area contributed by atoms with Crippen molar-refractivity contribution >= 4 is 11.9 Å². The Bertz CT molecular complexity index is 1080. The van der Waals surface area contributed by atoms with Gasteiger partial charge < -0.3 is 15.2 Å². The third-order valence-corrected chi connectivity index (χ3v) is 5.51. The van der Waals surface area contributed by atoms with Crippen LogP contribution in [0.3, 0.4) is 0 Å². The minimum atomic E-state index is -1.38. The summed E-state index contributed by atoms with van der Waals surface area (Å²) in [6, 6.07) is 5.87. The molecule has 2 aliphatic heterocycles. The fourth-order valence-corrected chi connectivity index (χ4v) is 4.01. The highest BCUT2D eigenvalue weighted by Gasteiger charge is 2.53. The van der Waals surface area contributed by atoms with E-state index in [2.05, 4.69) is 4.99 Å². The van der Waals surface area contributed by atoms with Gasteiger partial charge in [0.2, 0.25) is 0 Å². The van der Waals surface area contributed by atoms with Crippen molar-refractivity contribution in [2.75, 3.05) is 20.3 Å².